The summed E-state index contributed by atoms with van der Waals surface area (Å²) >= 11 is 3.79. The van der Waals surface area contributed by atoms with Gasteiger partial charge in [0.1, 0.15) is 10.7 Å². The Morgan fingerprint density at radius 2 is 1.88 bits per heavy atom. The number of benzene rings is 3. The first-order chi connectivity index (χ1) is 16.0. The average Bonchev–Trinajstić information content (AvgIpc) is 3.50. The summed E-state index contributed by atoms with van der Waals surface area (Å²) in [7, 11) is 0. The maximum atomic E-state index is 13.1. The largest absolute Gasteiger partial charge is 0.366 e. The van der Waals surface area contributed by atoms with Gasteiger partial charge in [-0.3, -0.25) is 14.9 Å². The molecule has 7 nitrogen and oxygen atoms in total. The Hall–Kier alpha value is -3.05. The monoisotopic (exact) mass is 570 g/mol. The number of thiazole rings is 1. The molecule has 0 saturated carbocycles. The van der Waals surface area contributed by atoms with E-state index in [2.05, 4.69) is 27.9 Å². The SMILES string of the molecule is O=C(Nc1ccc(I)cc1-c1nc2ccccc2s1)c1ccc(N2CCCC2)c([N+](=O)[O-])c1. The van der Waals surface area contributed by atoms with Crippen LogP contribution in [0.4, 0.5) is 17.1 Å². The van der Waals surface area contributed by atoms with E-state index in [1.807, 2.05) is 47.4 Å². The van der Waals surface area contributed by atoms with Gasteiger partial charge in [-0.05, 0) is 77.9 Å². The minimum Gasteiger partial charge on any atom is -0.366 e. The van der Waals surface area contributed by atoms with Crippen molar-refractivity contribution in [2.75, 3.05) is 23.3 Å². The maximum absolute atomic E-state index is 13.1. The Morgan fingerprint density at radius 1 is 1.09 bits per heavy atom. The number of anilines is 2. The molecule has 1 aliphatic rings. The van der Waals surface area contributed by atoms with Gasteiger partial charge < -0.3 is 10.2 Å². The topological polar surface area (TPSA) is 88.4 Å². The predicted molar refractivity (Wildman–Crippen MR) is 140 cm³/mol. The normalized spacial score (nSPS) is 13.4. The molecule has 1 aliphatic heterocycles. The Bertz CT molecular complexity index is 1350. The van der Waals surface area contributed by atoms with Gasteiger partial charge in [0.15, 0.2) is 0 Å². The van der Waals surface area contributed by atoms with E-state index in [9.17, 15) is 14.9 Å². The van der Waals surface area contributed by atoms with E-state index >= 15 is 0 Å². The van der Waals surface area contributed by atoms with Crippen LogP contribution in [0.2, 0.25) is 0 Å². The molecular weight excluding hydrogens is 551 g/mol. The van der Waals surface area contributed by atoms with Gasteiger partial charge in [-0.15, -0.1) is 11.3 Å². The zero-order valence-corrected chi connectivity index (χ0v) is 20.4. The summed E-state index contributed by atoms with van der Waals surface area (Å²) in [5.41, 5.74) is 3.11. The number of carbonyl (C=O) groups is 1. The molecule has 1 aromatic heterocycles. The molecule has 1 fully saturated rings. The zero-order valence-electron chi connectivity index (χ0n) is 17.5. The highest BCUT2D eigenvalue weighted by molar-refractivity contribution is 14.1. The van der Waals surface area contributed by atoms with Crippen molar-refractivity contribution in [3.63, 3.8) is 0 Å². The van der Waals surface area contributed by atoms with Crippen LogP contribution in [-0.2, 0) is 0 Å². The van der Waals surface area contributed by atoms with Gasteiger partial charge in [0.25, 0.3) is 11.6 Å². The number of carbonyl (C=O) groups excluding carboxylic acids is 1. The van der Waals surface area contributed by atoms with E-state index in [-0.39, 0.29) is 11.3 Å². The number of hydrogen-bond acceptors (Lipinski definition) is 6. The maximum Gasteiger partial charge on any atom is 0.293 e. The van der Waals surface area contributed by atoms with Crippen molar-refractivity contribution in [1.29, 1.82) is 0 Å². The third kappa shape index (κ3) is 4.42. The summed E-state index contributed by atoms with van der Waals surface area (Å²) < 4.78 is 2.09. The van der Waals surface area contributed by atoms with Gasteiger partial charge in [0.05, 0.1) is 20.8 Å². The van der Waals surface area contributed by atoms with Crippen LogP contribution in [0.5, 0.6) is 0 Å². The molecule has 5 rings (SSSR count). The molecule has 0 radical (unpaired) electrons. The highest BCUT2D eigenvalue weighted by Crippen LogP contribution is 2.36. The predicted octanol–water partition coefficient (Wildman–Crippen LogP) is 6.33. The zero-order chi connectivity index (χ0) is 22.9. The van der Waals surface area contributed by atoms with Crippen LogP contribution >= 0.6 is 33.9 Å². The van der Waals surface area contributed by atoms with E-state index in [0.717, 1.165) is 50.3 Å². The van der Waals surface area contributed by atoms with E-state index in [0.29, 0.717) is 11.4 Å². The molecule has 1 N–H and O–H groups in total. The van der Waals surface area contributed by atoms with Gasteiger partial charge in [0.2, 0.25) is 0 Å². The van der Waals surface area contributed by atoms with E-state index in [1.165, 1.54) is 6.07 Å². The Balaban J connectivity index is 1.48. The van der Waals surface area contributed by atoms with Gasteiger partial charge in [-0.25, -0.2) is 4.98 Å². The van der Waals surface area contributed by atoms with Crippen LogP contribution in [0.1, 0.15) is 23.2 Å². The molecule has 3 aromatic carbocycles. The number of nitrogens with zero attached hydrogens (tertiary/aromatic N) is 3. The van der Waals surface area contributed by atoms with E-state index in [1.54, 1.807) is 23.5 Å². The minimum absolute atomic E-state index is 0.0430. The van der Waals surface area contributed by atoms with Gasteiger partial charge in [-0.2, -0.15) is 0 Å². The fourth-order valence-electron chi connectivity index (χ4n) is 4.02. The third-order valence-electron chi connectivity index (χ3n) is 5.64. The third-order valence-corrected chi connectivity index (χ3v) is 7.38. The molecule has 0 atom stereocenters. The summed E-state index contributed by atoms with van der Waals surface area (Å²) in [6.07, 6.45) is 2.03. The van der Waals surface area contributed by atoms with Crippen LogP contribution in [-0.4, -0.2) is 28.9 Å². The van der Waals surface area contributed by atoms with Gasteiger partial charge in [0, 0.05) is 33.9 Å². The van der Waals surface area contributed by atoms with Crippen molar-refractivity contribution in [2.45, 2.75) is 12.8 Å². The molecule has 33 heavy (non-hydrogen) atoms. The number of halogens is 1. The first-order valence-electron chi connectivity index (χ1n) is 10.5. The number of hydrogen-bond donors (Lipinski definition) is 1. The second kappa shape index (κ2) is 9.06. The lowest BCUT2D eigenvalue weighted by atomic mass is 10.1. The number of nitro groups is 1. The summed E-state index contributed by atoms with van der Waals surface area (Å²) in [5, 5.41) is 15.5. The van der Waals surface area contributed by atoms with E-state index < -0.39 is 10.8 Å². The lowest BCUT2D eigenvalue weighted by Gasteiger charge is -2.18. The molecule has 9 heteroatoms. The van der Waals surface area contributed by atoms with Crippen molar-refractivity contribution in [3.8, 4) is 10.6 Å². The van der Waals surface area contributed by atoms with Crippen molar-refractivity contribution in [1.82, 2.24) is 4.98 Å². The van der Waals surface area contributed by atoms with Crippen molar-refractivity contribution < 1.29 is 9.72 Å². The molecule has 0 unspecified atom stereocenters. The Morgan fingerprint density at radius 3 is 2.64 bits per heavy atom. The van der Waals surface area contributed by atoms with Crippen LogP contribution in [0.15, 0.2) is 60.7 Å². The molecule has 0 bridgehead atoms. The fourth-order valence-corrected chi connectivity index (χ4v) is 5.51. The second-order valence-corrected chi connectivity index (χ2v) is 10.1. The molecule has 166 valence electrons. The number of rotatable bonds is 5. The Labute approximate surface area is 207 Å². The average molecular weight is 570 g/mol. The fraction of sp³-hybridized carbons (Fsp3) is 0.167. The lowest BCUT2D eigenvalue weighted by molar-refractivity contribution is -0.384. The number of fused-ring (bicyclic) bond motifs is 1. The molecule has 2 heterocycles. The van der Waals surface area contributed by atoms with Gasteiger partial charge in [-0.1, -0.05) is 12.1 Å². The molecule has 1 amide bonds. The lowest BCUT2D eigenvalue weighted by Crippen LogP contribution is -2.20. The molecule has 0 aliphatic carbocycles. The van der Waals surface area contributed by atoms with Crippen molar-refractivity contribution >= 4 is 67.1 Å². The number of nitrogens with one attached hydrogen (secondary N) is 1. The summed E-state index contributed by atoms with van der Waals surface area (Å²) in [4.78, 5) is 31.1. The number of aromatic nitrogens is 1. The van der Waals surface area contributed by atoms with E-state index in [4.69, 9.17) is 4.98 Å². The summed E-state index contributed by atoms with van der Waals surface area (Å²) in [6.45, 7) is 1.58. The number of nitro benzene ring substituents is 1. The highest BCUT2D eigenvalue weighted by atomic mass is 127. The minimum atomic E-state index is -0.415. The number of para-hydroxylation sites is 1. The summed E-state index contributed by atoms with van der Waals surface area (Å²) in [5.74, 6) is -0.394. The molecule has 4 aromatic rings. The highest BCUT2D eigenvalue weighted by Gasteiger charge is 2.24. The van der Waals surface area contributed by atoms with Crippen LogP contribution < -0.4 is 10.2 Å². The summed E-state index contributed by atoms with van der Waals surface area (Å²) in [6, 6.07) is 18.3. The van der Waals surface area contributed by atoms with Crippen LogP contribution in [0.3, 0.4) is 0 Å². The standard InChI is InChI=1S/C24H19IN4O3S/c25-16-8-9-18(17(14-16)24-27-19-5-1-2-6-22(19)33-24)26-23(30)15-7-10-20(21(13-15)29(31)32)28-11-3-4-12-28/h1-2,5-10,13-14H,3-4,11-12H2,(H,26,30). The van der Waals surface area contributed by atoms with Gasteiger partial charge >= 0.3 is 0 Å². The smallest absolute Gasteiger partial charge is 0.293 e. The van der Waals surface area contributed by atoms with Crippen LogP contribution in [0.25, 0.3) is 20.8 Å². The molecular formula is C24H19IN4O3S. The number of amides is 1. The molecule has 1 saturated heterocycles. The molecule has 0 spiro atoms. The first-order valence-corrected chi connectivity index (χ1v) is 12.4. The quantitative estimate of drug-likeness (QED) is 0.172. The van der Waals surface area contributed by atoms with Crippen LogP contribution in [0, 0.1) is 13.7 Å². The first kappa shape index (κ1) is 21.8. The van der Waals surface area contributed by atoms with Crippen molar-refractivity contribution in [3.05, 3.63) is 79.9 Å². The second-order valence-electron chi connectivity index (χ2n) is 7.79. The Kier molecular flexibility index (Phi) is 5.98. The van der Waals surface area contributed by atoms with Crippen molar-refractivity contribution in [2.24, 2.45) is 0 Å².